The summed E-state index contributed by atoms with van der Waals surface area (Å²) >= 11 is 0. The van der Waals surface area contributed by atoms with E-state index in [0.29, 0.717) is 0 Å². The molecule has 2 aromatic carbocycles. The number of fused-ring (bicyclic) bond motifs is 1. The topological polar surface area (TPSA) is 111 Å². The number of nitrogens with one attached hydrogen (secondary N) is 1. The van der Waals surface area contributed by atoms with Crippen molar-refractivity contribution in [2.24, 2.45) is 0 Å². The number of hydrogen-bond donors (Lipinski definition) is 2. The highest BCUT2D eigenvalue weighted by Gasteiger charge is 2.45. The van der Waals surface area contributed by atoms with Gasteiger partial charge in [-0.1, -0.05) is 6.07 Å². The van der Waals surface area contributed by atoms with Gasteiger partial charge < -0.3 is 15.2 Å². The van der Waals surface area contributed by atoms with E-state index in [1.54, 1.807) is 6.92 Å². The van der Waals surface area contributed by atoms with Gasteiger partial charge in [0.2, 0.25) is 0 Å². The van der Waals surface area contributed by atoms with Crippen LogP contribution in [0, 0.1) is 0 Å². The Balaban J connectivity index is 1.75. The second-order valence-electron chi connectivity index (χ2n) is 8.23. The third-order valence-corrected chi connectivity index (χ3v) is 7.42. The van der Waals surface area contributed by atoms with Crippen LogP contribution in [0.25, 0.3) is 16.6 Å². The van der Waals surface area contributed by atoms with E-state index in [9.17, 15) is 35.9 Å². The molecule has 34 heavy (non-hydrogen) atoms. The fourth-order valence-electron chi connectivity index (χ4n) is 3.96. The molecule has 1 aliphatic rings. The van der Waals surface area contributed by atoms with Crippen LogP contribution in [0.5, 0.6) is 5.75 Å². The molecule has 1 unspecified atom stereocenters. The summed E-state index contributed by atoms with van der Waals surface area (Å²) in [5.41, 5.74) is -0.920. The maximum absolute atomic E-state index is 13.3. The molecule has 1 aliphatic heterocycles. The fourth-order valence-corrected chi connectivity index (χ4v) is 5.96. The first kappa shape index (κ1) is 24.0. The highest BCUT2D eigenvalue weighted by Crippen LogP contribution is 2.32. The quantitative estimate of drug-likeness (QED) is 0.482. The van der Waals surface area contributed by atoms with E-state index >= 15 is 0 Å². The van der Waals surface area contributed by atoms with Crippen molar-refractivity contribution in [3.8, 4) is 11.4 Å². The number of benzene rings is 2. The average molecular weight is 501 g/mol. The normalized spacial score (nSPS) is 17.5. The van der Waals surface area contributed by atoms with Crippen LogP contribution in [-0.2, 0) is 9.84 Å². The number of carbonyl (C=O) groups is 1. The SMILES string of the molecule is CC1(NC(=O)c2ccc3c(c2)c(C(O)C(F)F)nn3-c2cccc(OC(F)F)c2)CS(=O)(=O)C1. The monoisotopic (exact) mass is 501 g/mol. The van der Waals surface area contributed by atoms with Gasteiger partial charge >= 0.3 is 6.61 Å². The predicted octanol–water partition coefficient (Wildman–Crippen LogP) is 2.84. The van der Waals surface area contributed by atoms with E-state index in [1.807, 2.05) is 0 Å². The molecule has 1 aromatic heterocycles. The maximum Gasteiger partial charge on any atom is 0.387 e. The summed E-state index contributed by atoms with van der Waals surface area (Å²) in [6.45, 7) is -1.50. The summed E-state index contributed by atoms with van der Waals surface area (Å²) in [5, 5.41) is 16.7. The largest absolute Gasteiger partial charge is 0.435 e. The Bertz CT molecular complexity index is 1350. The summed E-state index contributed by atoms with van der Waals surface area (Å²) in [6, 6.07) is 9.41. The molecule has 8 nitrogen and oxygen atoms in total. The summed E-state index contributed by atoms with van der Waals surface area (Å²) in [4.78, 5) is 12.7. The van der Waals surface area contributed by atoms with E-state index in [4.69, 9.17) is 0 Å². The number of halogens is 4. The van der Waals surface area contributed by atoms with Crippen molar-refractivity contribution in [2.75, 3.05) is 11.5 Å². The number of ether oxygens (including phenoxy) is 1. The summed E-state index contributed by atoms with van der Waals surface area (Å²) < 4.78 is 80.3. The van der Waals surface area contributed by atoms with Crippen LogP contribution in [-0.4, -0.2) is 59.3 Å². The molecule has 1 fully saturated rings. The Labute approximate surface area is 191 Å². The third-order valence-electron chi connectivity index (χ3n) is 5.27. The van der Waals surface area contributed by atoms with Gasteiger partial charge in [-0.3, -0.25) is 4.79 Å². The highest BCUT2D eigenvalue weighted by molar-refractivity contribution is 7.93. The van der Waals surface area contributed by atoms with Crippen molar-refractivity contribution in [1.29, 1.82) is 0 Å². The average Bonchev–Trinajstić information content (AvgIpc) is 3.09. The van der Waals surface area contributed by atoms with E-state index in [1.165, 1.54) is 42.5 Å². The van der Waals surface area contributed by atoms with Crippen LogP contribution in [0.2, 0.25) is 0 Å². The number of hydrogen-bond acceptors (Lipinski definition) is 6. The number of sulfone groups is 1. The van der Waals surface area contributed by atoms with Gasteiger partial charge in [0, 0.05) is 17.0 Å². The smallest absolute Gasteiger partial charge is 0.387 e. The van der Waals surface area contributed by atoms with Crippen molar-refractivity contribution in [2.45, 2.75) is 31.6 Å². The molecular weight excluding hydrogens is 482 g/mol. The minimum absolute atomic E-state index is 0.0343. The number of nitrogens with zero attached hydrogens (tertiary/aromatic N) is 2. The minimum Gasteiger partial charge on any atom is -0.435 e. The van der Waals surface area contributed by atoms with Crippen molar-refractivity contribution < 1.29 is 40.6 Å². The first-order chi connectivity index (χ1) is 15.9. The molecule has 1 saturated heterocycles. The van der Waals surface area contributed by atoms with E-state index in [0.717, 1.165) is 4.68 Å². The van der Waals surface area contributed by atoms with Crippen LogP contribution in [0.1, 0.15) is 29.1 Å². The summed E-state index contributed by atoms with van der Waals surface area (Å²) in [7, 11) is -3.22. The lowest BCUT2D eigenvalue weighted by atomic mass is 10.0. The second-order valence-corrected chi connectivity index (χ2v) is 10.3. The number of carbonyl (C=O) groups excluding carboxylic acids is 1. The number of amides is 1. The number of aliphatic hydroxyl groups is 1. The van der Waals surface area contributed by atoms with Crippen LogP contribution < -0.4 is 10.1 Å². The first-order valence-electron chi connectivity index (χ1n) is 9.95. The minimum atomic E-state index is -3.22. The van der Waals surface area contributed by atoms with Gasteiger partial charge in [0.15, 0.2) is 15.9 Å². The Morgan fingerprint density at radius 3 is 2.50 bits per heavy atom. The zero-order valence-electron chi connectivity index (χ0n) is 17.6. The van der Waals surface area contributed by atoms with Gasteiger partial charge in [-0.25, -0.2) is 21.9 Å². The van der Waals surface area contributed by atoms with E-state index in [-0.39, 0.29) is 39.4 Å². The van der Waals surface area contributed by atoms with Crippen LogP contribution >= 0.6 is 0 Å². The van der Waals surface area contributed by atoms with Gasteiger partial charge in [-0.05, 0) is 37.3 Å². The third kappa shape index (κ3) is 4.71. The zero-order chi connectivity index (χ0) is 24.8. The number of aromatic nitrogens is 2. The van der Waals surface area contributed by atoms with Crippen molar-refractivity contribution in [3.63, 3.8) is 0 Å². The summed E-state index contributed by atoms with van der Waals surface area (Å²) in [6.07, 6.45) is -5.46. The molecule has 0 aliphatic carbocycles. The number of alkyl halides is 4. The lowest BCUT2D eigenvalue weighted by molar-refractivity contribution is -0.0498. The van der Waals surface area contributed by atoms with Gasteiger partial charge in [-0.15, -0.1) is 0 Å². The van der Waals surface area contributed by atoms with Crippen LogP contribution in [0.3, 0.4) is 0 Å². The van der Waals surface area contributed by atoms with E-state index < -0.39 is 46.1 Å². The molecule has 1 amide bonds. The zero-order valence-corrected chi connectivity index (χ0v) is 18.4. The molecule has 0 spiro atoms. The molecular formula is C21H19F4N3O5S. The van der Waals surface area contributed by atoms with E-state index in [2.05, 4.69) is 15.2 Å². The molecule has 3 aromatic rings. The standard InChI is InChI=1S/C21H19F4N3O5S/c1-21(9-34(31,32)10-21)26-19(30)11-5-6-15-14(7-11)16(17(29)18(22)23)27-28(15)12-3-2-4-13(8-12)33-20(24)25/h2-8,17-18,20,29H,9-10H2,1H3,(H,26,30). The molecule has 0 saturated carbocycles. The highest BCUT2D eigenvalue weighted by atomic mass is 32.2. The number of rotatable bonds is 7. The van der Waals surface area contributed by atoms with Crippen LogP contribution in [0.15, 0.2) is 42.5 Å². The lowest BCUT2D eigenvalue weighted by Gasteiger charge is -2.38. The predicted molar refractivity (Wildman–Crippen MR) is 113 cm³/mol. The van der Waals surface area contributed by atoms with Gasteiger partial charge in [0.1, 0.15) is 11.4 Å². The maximum atomic E-state index is 13.3. The molecule has 2 heterocycles. The van der Waals surface area contributed by atoms with Crippen LogP contribution in [0.4, 0.5) is 17.6 Å². The Morgan fingerprint density at radius 1 is 1.18 bits per heavy atom. The van der Waals surface area contributed by atoms with Crippen molar-refractivity contribution in [1.82, 2.24) is 15.1 Å². The molecule has 0 bridgehead atoms. The summed E-state index contributed by atoms with van der Waals surface area (Å²) in [5.74, 6) is -1.26. The van der Waals surface area contributed by atoms with Gasteiger partial charge in [-0.2, -0.15) is 13.9 Å². The van der Waals surface area contributed by atoms with Gasteiger partial charge in [0.05, 0.1) is 28.2 Å². The van der Waals surface area contributed by atoms with Gasteiger partial charge in [0.25, 0.3) is 12.3 Å². The Kier molecular flexibility index (Phi) is 6.02. The second kappa shape index (κ2) is 8.55. The van der Waals surface area contributed by atoms with Crippen molar-refractivity contribution in [3.05, 3.63) is 53.7 Å². The number of aliphatic hydroxyl groups excluding tert-OH is 1. The molecule has 13 heteroatoms. The molecule has 182 valence electrons. The lowest BCUT2D eigenvalue weighted by Crippen LogP contribution is -2.63. The first-order valence-corrected chi connectivity index (χ1v) is 11.8. The Morgan fingerprint density at radius 2 is 1.88 bits per heavy atom. The molecule has 2 N–H and O–H groups in total. The molecule has 0 radical (unpaired) electrons. The Hall–Kier alpha value is -3.19. The molecule has 4 rings (SSSR count). The fraction of sp³-hybridized carbons (Fsp3) is 0.333. The molecule has 1 atom stereocenters. The van der Waals surface area contributed by atoms with Crippen molar-refractivity contribution >= 4 is 26.6 Å².